The molecule has 1 N–H and O–H groups in total. The fourth-order valence-electron chi connectivity index (χ4n) is 1.62. The van der Waals surface area contributed by atoms with E-state index in [1.54, 1.807) is 13.1 Å². The minimum absolute atomic E-state index is 0.269. The first kappa shape index (κ1) is 12.4. The first-order chi connectivity index (χ1) is 8.63. The first-order valence-electron chi connectivity index (χ1n) is 5.65. The number of nitrogens with zero attached hydrogens (tertiary/aromatic N) is 2. The highest BCUT2D eigenvalue weighted by atomic mass is 19.1. The molecule has 1 aromatic carbocycles. The van der Waals surface area contributed by atoms with E-state index in [-0.39, 0.29) is 5.56 Å². The van der Waals surface area contributed by atoms with Gasteiger partial charge in [-0.3, -0.25) is 0 Å². The van der Waals surface area contributed by atoms with Crippen LogP contribution in [-0.2, 0) is 6.42 Å². The van der Waals surface area contributed by atoms with Gasteiger partial charge >= 0.3 is 0 Å². The molecule has 5 heteroatoms. The maximum absolute atomic E-state index is 13.7. The van der Waals surface area contributed by atoms with E-state index in [1.165, 1.54) is 12.1 Å². The summed E-state index contributed by atoms with van der Waals surface area (Å²) in [7, 11) is 1.73. The standard InChI is InChI=1S/C13H13F2N3/c1-3-12-17-11(7-13(16-2)18-12)9-5-4-8(14)6-10(9)15/h4-7H,3H2,1-2H3,(H,16,17,18). The number of anilines is 1. The van der Waals surface area contributed by atoms with E-state index < -0.39 is 11.6 Å². The van der Waals surface area contributed by atoms with E-state index in [4.69, 9.17) is 0 Å². The van der Waals surface area contributed by atoms with Crippen molar-refractivity contribution in [3.8, 4) is 11.3 Å². The Hall–Kier alpha value is -2.04. The number of nitrogens with one attached hydrogen (secondary N) is 1. The van der Waals surface area contributed by atoms with Crippen LogP contribution in [0.1, 0.15) is 12.7 Å². The van der Waals surface area contributed by atoms with Gasteiger partial charge in [0.2, 0.25) is 0 Å². The highest BCUT2D eigenvalue weighted by Gasteiger charge is 2.10. The zero-order valence-corrected chi connectivity index (χ0v) is 10.2. The van der Waals surface area contributed by atoms with Crippen molar-refractivity contribution >= 4 is 5.82 Å². The van der Waals surface area contributed by atoms with Gasteiger partial charge in [-0.25, -0.2) is 18.7 Å². The van der Waals surface area contributed by atoms with Crippen LogP contribution in [0, 0.1) is 11.6 Å². The molecule has 2 rings (SSSR count). The Bertz CT molecular complexity index is 548. The second-order valence-corrected chi connectivity index (χ2v) is 3.78. The van der Waals surface area contributed by atoms with Gasteiger partial charge in [-0.15, -0.1) is 0 Å². The lowest BCUT2D eigenvalue weighted by Crippen LogP contribution is -2.01. The summed E-state index contributed by atoms with van der Waals surface area (Å²) < 4.78 is 26.6. The van der Waals surface area contributed by atoms with Crippen molar-refractivity contribution in [2.24, 2.45) is 0 Å². The number of hydrogen-bond donors (Lipinski definition) is 1. The fourth-order valence-corrected chi connectivity index (χ4v) is 1.62. The monoisotopic (exact) mass is 249 g/mol. The molecular weight excluding hydrogens is 236 g/mol. The summed E-state index contributed by atoms with van der Waals surface area (Å²) in [5.74, 6) is -0.00572. The average molecular weight is 249 g/mol. The lowest BCUT2D eigenvalue weighted by molar-refractivity contribution is 0.585. The van der Waals surface area contributed by atoms with Crippen molar-refractivity contribution in [2.75, 3.05) is 12.4 Å². The van der Waals surface area contributed by atoms with Crippen molar-refractivity contribution in [1.29, 1.82) is 0 Å². The van der Waals surface area contributed by atoms with Crippen LogP contribution in [-0.4, -0.2) is 17.0 Å². The van der Waals surface area contributed by atoms with Crippen LogP contribution in [0.5, 0.6) is 0 Å². The number of aromatic nitrogens is 2. The normalized spacial score (nSPS) is 10.4. The molecule has 0 atom stereocenters. The maximum Gasteiger partial charge on any atom is 0.135 e. The Morgan fingerprint density at radius 3 is 2.56 bits per heavy atom. The number of hydrogen-bond acceptors (Lipinski definition) is 3. The van der Waals surface area contributed by atoms with Gasteiger partial charge in [0.25, 0.3) is 0 Å². The van der Waals surface area contributed by atoms with Crippen LogP contribution < -0.4 is 5.32 Å². The molecule has 0 amide bonds. The van der Waals surface area contributed by atoms with Crippen molar-refractivity contribution < 1.29 is 8.78 Å². The third-order valence-electron chi connectivity index (χ3n) is 2.55. The molecule has 0 saturated carbocycles. The van der Waals surface area contributed by atoms with Crippen LogP contribution in [0.15, 0.2) is 24.3 Å². The number of rotatable bonds is 3. The summed E-state index contributed by atoms with van der Waals surface area (Å²) in [4.78, 5) is 8.47. The molecule has 0 radical (unpaired) electrons. The lowest BCUT2D eigenvalue weighted by Gasteiger charge is -2.07. The second kappa shape index (κ2) is 5.08. The van der Waals surface area contributed by atoms with Crippen LogP contribution in [0.3, 0.4) is 0 Å². The van der Waals surface area contributed by atoms with Crippen molar-refractivity contribution in [2.45, 2.75) is 13.3 Å². The smallest absolute Gasteiger partial charge is 0.135 e. The lowest BCUT2D eigenvalue weighted by atomic mass is 10.1. The molecular formula is C13H13F2N3. The van der Waals surface area contributed by atoms with Crippen LogP contribution >= 0.6 is 0 Å². The molecule has 2 aromatic rings. The van der Waals surface area contributed by atoms with E-state index in [9.17, 15) is 8.78 Å². The van der Waals surface area contributed by atoms with E-state index in [1.807, 2.05) is 6.92 Å². The van der Waals surface area contributed by atoms with Gasteiger partial charge in [-0.1, -0.05) is 6.92 Å². The SMILES string of the molecule is CCc1nc(NC)cc(-c2ccc(F)cc2F)n1. The third kappa shape index (κ3) is 2.45. The molecule has 3 nitrogen and oxygen atoms in total. The summed E-state index contributed by atoms with van der Waals surface area (Å²) in [5, 5.41) is 2.90. The summed E-state index contributed by atoms with van der Waals surface area (Å²) in [6.07, 6.45) is 0.644. The summed E-state index contributed by atoms with van der Waals surface area (Å²) in [6.45, 7) is 1.92. The van der Waals surface area contributed by atoms with E-state index >= 15 is 0 Å². The number of halogens is 2. The van der Waals surface area contributed by atoms with Crippen molar-refractivity contribution in [1.82, 2.24) is 9.97 Å². The van der Waals surface area contributed by atoms with Crippen LogP contribution in [0.25, 0.3) is 11.3 Å². The maximum atomic E-state index is 13.7. The second-order valence-electron chi connectivity index (χ2n) is 3.78. The van der Waals surface area contributed by atoms with Gasteiger partial charge in [0.15, 0.2) is 0 Å². The molecule has 0 spiro atoms. The Balaban J connectivity index is 2.55. The third-order valence-corrected chi connectivity index (χ3v) is 2.55. The molecule has 0 unspecified atom stereocenters. The molecule has 0 bridgehead atoms. The Labute approximate surface area is 104 Å². The Morgan fingerprint density at radius 1 is 1.17 bits per heavy atom. The predicted molar refractivity (Wildman–Crippen MR) is 66.3 cm³/mol. The number of aryl methyl sites for hydroxylation is 1. The van der Waals surface area contributed by atoms with E-state index in [0.29, 0.717) is 23.8 Å². The van der Waals surface area contributed by atoms with Crippen LogP contribution in [0.4, 0.5) is 14.6 Å². The predicted octanol–water partition coefficient (Wildman–Crippen LogP) is 3.03. The minimum Gasteiger partial charge on any atom is -0.373 e. The summed E-state index contributed by atoms with van der Waals surface area (Å²) in [5.41, 5.74) is 0.716. The summed E-state index contributed by atoms with van der Waals surface area (Å²) in [6, 6.07) is 5.08. The fraction of sp³-hybridized carbons (Fsp3) is 0.231. The molecule has 0 aliphatic carbocycles. The van der Waals surface area contributed by atoms with Gasteiger partial charge in [0, 0.05) is 31.2 Å². The van der Waals surface area contributed by atoms with Gasteiger partial charge in [0.1, 0.15) is 23.3 Å². The van der Waals surface area contributed by atoms with E-state index in [0.717, 1.165) is 6.07 Å². The van der Waals surface area contributed by atoms with Gasteiger partial charge in [0.05, 0.1) is 5.69 Å². The van der Waals surface area contributed by atoms with Crippen LogP contribution in [0.2, 0.25) is 0 Å². The first-order valence-corrected chi connectivity index (χ1v) is 5.65. The van der Waals surface area contributed by atoms with E-state index in [2.05, 4.69) is 15.3 Å². The molecule has 94 valence electrons. The zero-order chi connectivity index (χ0) is 13.1. The van der Waals surface area contributed by atoms with Gasteiger partial charge in [-0.2, -0.15) is 0 Å². The zero-order valence-electron chi connectivity index (χ0n) is 10.2. The highest BCUT2D eigenvalue weighted by molar-refractivity contribution is 5.63. The quantitative estimate of drug-likeness (QED) is 0.908. The van der Waals surface area contributed by atoms with Crippen molar-refractivity contribution in [3.05, 3.63) is 41.7 Å². The topological polar surface area (TPSA) is 37.8 Å². The largest absolute Gasteiger partial charge is 0.373 e. The highest BCUT2D eigenvalue weighted by Crippen LogP contribution is 2.23. The minimum atomic E-state index is -0.627. The molecule has 0 aliphatic heterocycles. The average Bonchev–Trinajstić information content (AvgIpc) is 2.38. The number of benzene rings is 1. The van der Waals surface area contributed by atoms with Gasteiger partial charge in [-0.05, 0) is 12.1 Å². The van der Waals surface area contributed by atoms with Crippen molar-refractivity contribution in [3.63, 3.8) is 0 Å². The molecule has 0 fully saturated rings. The Morgan fingerprint density at radius 2 is 1.94 bits per heavy atom. The molecule has 1 heterocycles. The van der Waals surface area contributed by atoms with Gasteiger partial charge < -0.3 is 5.32 Å². The molecule has 0 aliphatic rings. The molecule has 0 saturated heterocycles. The summed E-state index contributed by atoms with van der Waals surface area (Å²) >= 11 is 0. The molecule has 18 heavy (non-hydrogen) atoms. The molecule has 1 aromatic heterocycles. The Kier molecular flexibility index (Phi) is 3.50.